The number of Topliss-reactive ketones (excluding diaryl/α,β-unsaturated/α-hetero) is 1. The maximum absolute atomic E-state index is 13.3. The Hall–Kier alpha value is -3.54. The molecule has 220 valence electrons. The highest BCUT2D eigenvalue weighted by Crippen LogP contribution is 2.29. The molecule has 0 saturated heterocycles. The van der Waals surface area contributed by atoms with Gasteiger partial charge in [-0.25, -0.2) is 4.79 Å². The van der Waals surface area contributed by atoms with Crippen LogP contribution >= 0.6 is 0 Å². The van der Waals surface area contributed by atoms with Crippen molar-refractivity contribution in [2.24, 2.45) is 17.6 Å². The van der Waals surface area contributed by atoms with Crippen LogP contribution in [0.2, 0.25) is 0 Å². The average Bonchev–Trinajstić information content (AvgIpc) is 2.90. The fraction of sp³-hybridized carbons (Fsp3) is 0.517. The van der Waals surface area contributed by atoms with Gasteiger partial charge in [-0.3, -0.25) is 14.4 Å². The lowest BCUT2D eigenvalue weighted by atomic mass is 9.85. The molecule has 6 atom stereocenters. The van der Waals surface area contributed by atoms with E-state index in [1.54, 1.807) is 32.1 Å². The van der Waals surface area contributed by atoms with Crippen LogP contribution in [0.15, 0.2) is 58.6 Å². The standard InChI is InChI=1S/C29H40N2O9/c1-15-11-19-25(34)20(14-21(32)27(19)39-7)31-28(35)16(2)9-8-10-22(37-5)26(40-29(30)36)18(4)13-17(3)24(33)23(12-15)38-6/h8-10,13-15,17,22-24,26,33H,11-12H2,1-7H3,(H2,30,36)(H,31,35)/b10-8-,16-9+,18-13+/t15-,17?,22+,23+,24-,26+/m1/s1. The third-order valence-electron chi connectivity index (χ3n) is 6.95. The number of aliphatic hydroxyl groups excluding tert-OH is 1. The second-order valence-electron chi connectivity index (χ2n) is 10.1. The predicted molar refractivity (Wildman–Crippen MR) is 147 cm³/mol. The zero-order valence-corrected chi connectivity index (χ0v) is 24.1. The Morgan fingerprint density at radius 3 is 2.35 bits per heavy atom. The molecule has 4 N–H and O–H groups in total. The van der Waals surface area contributed by atoms with Crippen molar-refractivity contribution in [3.8, 4) is 0 Å². The molecule has 2 aliphatic rings. The van der Waals surface area contributed by atoms with E-state index in [1.165, 1.54) is 34.3 Å². The zero-order valence-electron chi connectivity index (χ0n) is 24.1. The summed E-state index contributed by atoms with van der Waals surface area (Å²) in [5.41, 5.74) is 6.12. The van der Waals surface area contributed by atoms with Crippen LogP contribution in [0.1, 0.15) is 40.5 Å². The SMILES string of the molecule is COC1=C2C[C@@H](C)C[C@H](OC)[C@H](O)C(C)/C=C(\C)[C@H](OC(N)=O)[C@@H](OC)/C=C\C=C(/C)C(=O)NC(=CC1=O)C2=O. The number of rotatable bonds is 4. The highest BCUT2D eigenvalue weighted by atomic mass is 16.6. The van der Waals surface area contributed by atoms with Crippen molar-refractivity contribution in [1.82, 2.24) is 5.32 Å². The lowest BCUT2D eigenvalue weighted by Gasteiger charge is -2.29. The van der Waals surface area contributed by atoms with Crippen molar-refractivity contribution >= 4 is 23.6 Å². The molecule has 2 amide bonds. The fourth-order valence-corrected chi connectivity index (χ4v) is 4.78. The lowest BCUT2D eigenvalue weighted by Crippen LogP contribution is -2.37. The Morgan fingerprint density at radius 2 is 1.77 bits per heavy atom. The zero-order chi connectivity index (χ0) is 30.1. The van der Waals surface area contributed by atoms with Gasteiger partial charge in [0.15, 0.2) is 11.9 Å². The molecule has 0 saturated carbocycles. The van der Waals surface area contributed by atoms with E-state index in [2.05, 4.69) is 5.32 Å². The van der Waals surface area contributed by atoms with Crippen molar-refractivity contribution in [3.63, 3.8) is 0 Å². The molecule has 1 aliphatic heterocycles. The van der Waals surface area contributed by atoms with Crippen LogP contribution in [0.4, 0.5) is 4.79 Å². The Kier molecular flexibility index (Phi) is 12.0. The minimum absolute atomic E-state index is 0.0801. The molecule has 1 aliphatic carbocycles. The molecule has 0 spiro atoms. The maximum Gasteiger partial charge on any atom is 0.405 e. The molecule has 40 heavy (non-hydrogen) atoms. The largest absolute Gasteiger partial charge is 0.492 e. The van der Waals surface area contributed by atoms with Crippen molar-refractivity contribution in [1.29, 1.82) is 0 Å². The van der Waals surface area contributed by atoms with E-state index >= 15 is 0 Å². The summed E-state index contributed by atoms with van der Waals surface area (Å²) in [5, 5.41) is 13.7. The van der Waals surface area contributed by atoms with Crippen LogP contribution in [0, 0.1) is 11.8 Å². The number of allylic oxidation sites excluding steroid dienone is 4. The predicted octanol–water partition coefficient (Wildman–Crippen LogP) is 2.41. The molecular weight excluding hydrogens is 520 g/mol. The van der Waals surface area contributed by atoms with Gasteiger partial charge in [-0.05, 0) is 38.2 Å². The first-order valence-electron chi connectivity index (χ1n) is 13.0. The number of ether oxygens (including phenoxy) is 4. The fourth-order valence-electron chi connectivity index (χ4n) is 4.78. The molecule has 0 aromatic rings. The van der Waals surface area contributed by atoms with Gasteiger partial charge in [-0.15, -0.1) is 0 Å². The minimum atomic E-state index is -1.00. The van der Waals surface area contributed by atoms with Crippen LogP contribution in [0.25, 0.3) is 0 Å². The van der Waals surface area contributed by atoms with Gasteiger partial charge >= 0.3 is 6.09 Å². The van der Waals surface area contributed by atoms with E-state index in [1.807, 2.05) is 6.92 Å². The van der Waals surface area contributed by atoms with E-state index in [4.69, 9.17) is 24.7 Å². The van der Waals surface area contributed by atoms with Crippen LogP contribution in [0.5, 0.6) is 0 Å². The first-order chi connectivity index (χ1) is 18.8. The number of primary amides is 1. The number of methoxy groups -OCH3 is 3. The minimum Gasteiger partial charge on any atom is -0.492 e. The Bertz CT molecular complexity index is 1150. The van der Waals surface area contributed by atoms with E-state index in [0.717, 1.165) is 6.08 Å². The highest BCUT2D eigenvalue weighted by Gasteiger charge is 2.34. The summed E-state index contributed by atoms with van der Waals surface area (Å²) >= 11 is 0. The van der Waals surface area contributed by atoms with Gasteiger partial charge in [0, 0.05) is 37.4 Å². The van der Waals surface area contributed by atoms with Crippen LogP contribution < -0.4 is 11.1 Å². The summed E-state index contributed by atoms with van der Waals surface area (Å²) in [4.78, 5) is 50.6. The third kappa shape index (κ3) is 8.23. The quantitative estimate of drug-likeness (QED) is 0.346. The molecule has 11 nitrogen and oxygen atoms in total. The number of hydrogen-bond acceptors (Lipinski definition) is 9. The summed E-state index contributed by atoms with van der Waals surface area (Å²) in [6, 6.07) is 0. The van der Waals surface area contributed by atoms with Crippen molar-refractivity contribution in [2.75, 3.05) is 21.3 Å². The van der Waals surface area contributed by atoms with E-state index in [0.29, 0.717) is 12.0 Å². The first-order valence-corrected chi connectivity index (χ1v) is 13.0. The second-order valence-corrected chi connectivity index (χ2v) is 10.1. The summed E-state index contributed by atoms with van der Waals surface area (Å²) in [6.07, 6.45) is 3.61. The van der Waals surface area contributed by atoms with Gasteiger partial charge < -0.3 is 35.1 Å². The maximum atomic E-state index is 13.3. The van der Waals surface area contributed by atoms with Gasteiger partial charge in [-0.2, -0.15) is 0 Å². The number of ketones is 2. The molecule has 1 heterocycles. The summed E-state index contributed by atoms with van der Waals surface area (Å²) in [6.45, 7) is 6.92. The molecule has 11 heteroatoms. The molecule has 0 aromatic heterocycles. The number of nitrogens with one attached hydrogen (secondary N) is 1. The topological polar surface area (TPSA) is 163 Å². The molecule has 0 fully saturated rings. The smallest absolute Gasteiger partial charge is 0.405 e. The van der Waals surface area contributed by atoms with Gasteiger partial charge in [0.05, 0.1) is 25.0 Å². The number of nitrogens with two attached hydrogens (primary N) is 1. The highest BCUT2D eigenvalue weighted by molar-refractivity contribution is 6.23. The van der Waals surface area contributed by atoms with Gasteiger partial charge in [0.25, 0.3) is 5.91 Å². The number of fused-ring (bicyclic) bond motifs is 2. The Balaban J connectivity index is 2.60. The van der Waals surface area contributed by atoms with Crippen molar-refractivity contribution in [3.05, 3.63) is 58.6 Å². The number of aliphatic hydroxyl groups is 1. The molecule has 0 aromatic carbocycles. The monoisotopic (exact) mass is 560 g/mol. The van der Waals surface area contributed by atoms with Gasteiger partial charge in [-0.1, -0.05) is 38.2 Å². The number of carbonyl (C=O) groups excluding carboxylic acids is 4. The average molecular weight is 561 g/mol. The van der Waals surface area contributed by atoms with Crippen molar-refractivity contribution in [2.45, 2.75) is 65.0 Å². The summed E-state index contributed by atoms with van der Waals surface area (Å²) < 4.78 is 21.7. The molecular formula is C29H40N2O9. The van der Waals surface area contributed by atoms with Gasteiger partial charge in [0.1, 0.15) is 6.10 Å². The number of carbonyl (C=O) groups is 4. The Labute approximate surface area is 234 Å². The third-order valence-corrected chi connectivity index (χ3v) is 6.95. The summed E-state index contributed by atoms with van der Waals surface area (Å²) in [7, 11) is 4.21. The van der Waals surface area contributed by atoms with Crippen LogP contribution in [-0.2, 0) is 33.3 Å². The van der Waals surface area contributed by atoms with E-state index in [-0.39, 0.29) is 34.9 Å². The van der Waals surface area contributed by atoms with Crippen molar-refractivity contribution < 1.29 is 43.2 Å². The van der Waals surface area contributed by atoms with Gasteiger partial charge in [0.2, 0.25) is 11.6 Å². The second kappa shape index (κ2) is 14.7. The number of amides is 2. The summed E-state index contributed by atoms with van der Waals surface area (Å²) in [5.74, 6) is -2.39. The number of hydrogen-bond donors (Lipinski definition) is 3. The molecule has 2 bridgehead atoms. The van der Waals surface area contributed by atoms with Crippen LogP contribution in [-0.4, -0.2) is 74.4 Å². The molecule has 2 rings (SSSR count). The Morgan fingerprint density at radius 1 is 1.10 bits per heavy atom. The van der Waals surface area contributed by atoms with Crippen LogP contribution in [0.3, 0.4) is 0 Å². The normalized spacial score (nSPS) is 32.7. The first kappa shape index (κ1) is 32.7. The lowest BCUT2D eigenvalue weighted by molar-refractivity contribution is -0.120. The molecule has 1 unspecified atom stereocenters. The van der Waals surface area contributed by atoms with E-state index < -0.39 is 53.9 Å². The molecule has 0 radical (unpaired) electrons. The van der Waals surface area contributed by atoms with E-state index in [9.17, 15) is 24.3 Å².